The number of nitrogens with two attached hydrogens (primary N) is 1. The first-order valence-electron chi connectivity index (χ1n) is 5.30. The third kappa shape index (κ3) is 2.00. The summed E-state index contributed by atoms with van der Waals surface area (Å²) in [7, 11) is 0. The quantitative estimate of drug-likeness (QED) is 0.833. The summed E-state index contributed by atoms with van der Waals surface area (Å²) in [4.78, 5) is 5.62. The molecule has 1 saturated heterocycles. The van der Waals surface area contributed by atoms with Crippen LogP contribution in [-0.2, 0) is 0 Å². The van der Waals surface area contributed by atoms with Crippen molar-refractivity contribution in [2.75, 3.05) is 24.5 Å². The van der Waals surface area contributed by atoms with E-state index in [2.05, 4.69) is 11.9 Å². The highest BCUT2D eigenvalue weighted by Gasteiger charge is 2.34. The van der Waals surface area contributed by atoms with Gasteiger partial charge in [0, 0.05) is 19.2 Å². The molecule has 0 aliphatic carbocycles. The highest BCUT2D eigenvalue weighted by atomic mass is 19.1. The molecule has 0 bridgehead atoms. The van der Waals surface area contributed by atoms with Gasteiger partial charge in [-0.3, -0.25) is 0 Å². The van der Waals surface area contributed by atoms with Crippen molar-refractivity contribution in [1.29, 1.82) is 0 Å². The Labute approximate surface area is 93.3 Å². The molecule has 0 aromatic carbocycles. The van der Waals surface area contributed by atoms with Gasteiger partial charge in [-0.25, -0.2) is 13.8 Å². The lowest BCUT2D eigenvalue weighted by molar-refractivity contribution is 0.383. The molecule has 2 N–H and O–H groups in total. The van der Waals surface area contributed by atoms with E-state index in [9.17, 15) is 8.78 Å². The van der Waals surface area contributed by atoms with Crippen LogP contribution in [0.2, 0.25) is 0 Å². The Morgan fingerprint density at radius 2 is 2.31 bits per heavy atom. The van der Waals surface area contributed by atoms with Crippen molar-refractivity contribution in [3.05, 3.63) is 23.9 Å². The number of pyridine rings is 1. The van der Waals surface area contributed by atoms with Gasteiger partial charge in [0.25, 0.3) is 0 Å². The van der Waals surface area contributed by atoms with E-state index in [0.29, 0.717) is 19.6 Å². The summed E-state index contributed by atoms with van der Waals surface area (Å²) in [6.07, 6.45) is 1.94. The predicted octanol–water partition coefficient (Wildman–Crippen LogP) is 1.53. The first kappa shape index (κ1) is 11.3. The maximum absolute atomic E-state index is 13.5. The minimum absolute atomic E-state index is 0.00249. The number of nitrogens with zero attached hydrogens (tertiary/aromatic N) is 2. The van der Waals surface area contributed by atoms with Crippen LogP contribution in [0.3, 0.4) is 0 Å². The zero-order valence-electron chi connectivity index (χ0n) is 9.21. The van der Waals surface area contributed by atoms with Gasteiger partial charge in [-0.1, -0.05) is 6.92 Å². The fraction of sp³-hybridized carbons (Fsp3) is 0.545. The molecule has 1 atom stereocenters. The zero-order chi connectivity index (χ0) is 11.8. The maximum Gasteiger partial charge on any atom is 0.168 e. The van der Waals surface area contributed by atoms with Crippen molar-refractivity contribution < 1.29 is 8.78 Å². The van der Waals surface area contributed by atoms with Crippen molar-refractivity contribution >= 4 is 5.82 Å². The van der Waals surface area contributed by atoms with Crippen molar-refractivity contribution in [2.45, 2.75) is 13.3 Å². The van der Waals surface area contributed by atoms with Gasteiger partial charge in [-0.2, -0.15) is 0 Å². The van der Waals surface area contributed by atoms with Crippen LogP contribution in [0.1, 0.15) is 13.3 Å². The fourth-order valence-electron chi connectivity index (χ4n) is 2.01. The Morgan fingerprint density at radius 1 is 1.56 bits per heavy atom. The van der Waals surface area contributed by atoms with Crippen LogP contribution in [-0.4, -0.2) is 24.6 Å². The minimum atomic E-state index is -0.651. The highest BCUT2D eigenvalue weighted by molar-refractivity contribution is 5.41. The molecule has 0 radical (unpaired) electrons. The van der Waals surface area contributed by atoms with Crippen LogP contribution >= 0.6 is 0 Å². The number of hydrogen-bond donors (Lipinski definition) is 1. The van der Waals surface area contributed by atoms with Crippen molar-refractivity contribution in [3.8, 4) is 0 Å². The average Bonchev–Trinajstić information content (AvgIpc) is 2.62. The molecule has 1 unspecified atom stereocenters. The normalized spacial score (nSPS) is 25.1. The van der Waals surface area contributed by atoms with Gasteiger partial charge in [-0.05, 0) is 18.4 Å². The molecule has 1 fully saturated rings. The molecule has 1 aromatic heterocycles. The predicted molar refractivity (Wildman–Crippen MR) is 58.1 cm³/mol. The Hall–Kier alpha value is -1.23. The molecule has 1 aromatic rings. The number of hydrogen-bond acceptors (Lipinski definition) is 3. The molecule has 2 rings (SSSR count). The van der Waals surface area contributed by atoms with E-state index in [4.69, 9.17) is 5.73 Å². The summed E-state index contributed by atoms with van der Waals surface area (Å²) in [6.45, 7) is 4.00. The Bertz CT molecular complexity index is 397. The van der Waals surface area contributed by atoms with E-state index >= 15 is 0 Å². The fourth-order valence-corrected chi connectivity index (χ4v) is 2.01. The Morgan fingerprint density at radius 3 is 2.88 bits per heavy atom. The van der Waals surface area contributed by atoms with Crippen LogP contribution < -0.4 is 10.6 Å². The summed E-state index contributed by atoms with van der Waals surface area (Å²) in [5, 5.41) is 0. The third-order valence-corrected chi connectivity index (χ3v) is 3.14. The molecular weight excluding hydrogens is 212 g/mol. The van der Waals surface area contributed by atoms with Gasteiger partial charge in [-0.15, -0.1) is 0 Å². The zero-order valence-corrected chi connectivity index (χ0v) is 9.21. The summed E-state index contributed by atoms with van der Waals surface area (Å²) < 4.78 is 26.2. The van der Waals surface area contributed by atoms with Gasteiger partial charge >= 0.3 is 0 Å². The summed E-state index contributed by atoms with van der Waals surface area (Å²) in [5.74, 6) is -1.04. The Balaban J connectivity index is 2.21. The standard InChI is InChI=1S/C11H15F2N3/c1-11(6-14)2-3-16(7-11)10-9(13)4-8(12)5-15-10/h4-5H,2-3,6-7,14H2,1H3. The molecule has 0 spiro atoms. The SMILES string of the molecule is CC1(CN)CCN(c2ncc(F)cc2F)C1. The van der Waals surface area contributed by atoms with Gasteiger partial charge in [0.1, 0.15) is 5.82 Å². The van der Waals surface area contributed by atoms with Crippen LogP contribution in [0.4, 0.5) is 14.6 Å². The van der Waals surface area contributed by atoms with E-state index in [1.807, 2.05) is 4.90 Å². The van der Waals surface area contributed by atoms with E-state index in [1.54, 1.807) is 0 Å². The number of halogens is 2. The van der Waals surface area contributed by atoms with E-state index in [1.165, 1.54) is 0 Å². The Kier molecular flexibility index (Phi) is 2.80. The van der Waals surface area contributed by atoms with Crippen LogP contribution in [0.5, 0.6) is 0 Å². The van der Waals surface area contributed by atoms with Gasteiger partial charge in [0.15, 0.2) is 11.6 Å². The summed E-state index contributed by atoms with van der Waals surface area (Å²) >= 11 is 0. The molecule has 88 valence electrons. The molecule has 1 aliphatic heterocycles. The van der Waals surface area contributed by atoms with Crippen molar-refractivity contribution in [3.63, 3.8) is 0 Å². The van der Waals surface area contributed by atoms with Crippen molar-refractivity contribution in [1.82, 2.24) is 4.98 Å². The average molecular weight is 227 g/mol. The highest BCUT2D eigenvalue weighted by Crippen LogP contribution is 2.32. The number of anilines is 1. The maximum atomic E-state index is 13.5. The van der Waals surface area contributed by atoms with E-state index < -0.39 is 11.6 Å². The number of aromatic nitrogens is 1. The van der Waals surface area contributed by atoms with E-state index in [0.717, 1.165) is 18.7 Å². The van der Waals surface area contributed by atoms with Gasteiger partial charge in [0.05, 0.1) is 6.20 Å². The molecule has 0 amide bonds. The monoisotopic (exact) mass is 227 g/mol. The second kappa shape index (κ2) is 3.97. The second-order valence-electron chi connectivity index (χ2n) is 4.65. The minimum Gasteiger partial charge on any atom is -0.354 e. The largest absolute Gasteiger partial charge is 0.354 e. The lowest BCUT2D eigenvalue weighted by atomic mass is 9.90. The lowest BCUT2D eigenvalue weighted by Gasteiger charge is -2.23. The van der Waals surface area contributed by atoms with Crippen LogP contribution in [0.25, 0.3) is 0 Å². The number of rotatable bonds is 2. The van der Waals surface area contributed by atoms with Gasteiger partial charge < -0.3 is 10.6 Å². The summed E-state index contributed by atoms with van der Waals surface area (Å²) in [6, 6.07) is 0.862. The third-order valence-electron chi connectivity index (χ3n) is 3.14. The molecule has 2 heterocycles. The lowest BCUT2D eigenvalue weighted by Crippen LogP contribution is -2.31. The summed E-state index contributed by atoms with van der Waals surface area (Å²) in [5.41, 5.74) is 5.67. The first-order valence-corrected chi connectivity index (χ1v) is 5.30. The molecule has 3 nitrogen and oxygen atoms in total. The van der Waals surface area contributed by atoms with Gasteiger partial charge in [0.2, 0.25) is 0 Å². The molecule has 16 heavy (non-hydrogen) atoms. The van der Waals surface area contributed by atoms with Crippen LogP contribution in [0, 0.1) is 17.0 Å². The van der Waals surface area contributed by atoms with Crippen molar-refractivity contribution in [2.24, 2.45) is 11.1 Å². The van der Waals surface area contributed by atoms with Crippen LogP contribution in [0.15, 0.2) is 12.3 Å². The molecule has 1 aliphatic rings. The molecule has 5 heteroatoms. The molecule has 0 saturated carbocycles. The van der Waals surface area contributed by atoms with E-state index in [-0.39, 0.29) is 11.2 Å². The topological polar surface area (TPSA) is 42.1 Å². The smallest absolute Gasteiger partial charge is 0.168 e. The first-order chi connectivity index (χ1) is 7.54. The molecular formula is C11H15F2N3. The second-order valence-corrected chi connectivity index (χ2v) is 4.65.